The Morgan fingerprint density at radius 3 is 2.35 bits per heavy atom. The summed E-state index contributed by atoms with van der Waals surface area (Å²) in [5, 5.41) is 0. The molecule has 1 aliphatic carbocycles. The number of benzene rings is 3. The van der Waals surface area contributed by atoms with Gasteiger partial charge in [0.05, 0.1) is 12.2 Å². The lowest BCUT2D eigenvalue weighted by Gasteiger charge is -2.31. The number of rotatable bonds is 10. The Kier molecular flexibility index (Phi) is 10.6. The van der Waals surface area contributed by atoms with Gasteiger partial charge in [-0.2, -0.15) is 0 Å². The van der Waals surface area contributed by atoms with Crippen LogP contribution < -0.4 is 5.48 Å². The number of nitrogens with one attached hydrogen (secondary N) is 1. The van der Waals surface area contributed by atoms with Gasteiger partial charge < -0.3 is 14.4 Å². The second-order valence-corrected chi connectivity index (χ2v) is 17.1. The first-order valence-corrected chi connectivity index (χ1v) is 20.3. The molecule has 3 aliphatic rings. The minimum absolute atomic E-state index is 0.0300. The first kappa shape index (κ1) is 35.4. The molecule has 51 heavy (non-hydrogen) atoms. The van der Waals surface area contributed by atoms with E-state index >= 15 is 0 Å². The molecule has 0 spiro atoms. The van der Waals surface area contributed by atoms with Crippen LogP contribution in [0.25, 0.3) is 21.6 Å². The summed E-state index contributed by atoms with van der Waals surface area (Å²) >= 11 is 1.37. The number of hydrogen-bond donors (Lipinski definition) is 1. The fourth-order valence-electron chi connectivity index (χ4n) is 7.53. The van der Waals surface area contributed by atoms with E-state index < -0.39 is 32.9 Å². The predicted molar refractivity (Wildman–Crippen MR) is 198 cm³/mol. The minimum atomic E-state index is -3.96. The van der Waals surface area contributed by atoms with Gasteiger partial charge in [-0.25, -0.2) is 23.5 Å². The lowest BCUT2D eigenvalue weighted by atomic mass is 9.97. The molecule has 4 aromatic rings. The number of hydroxylamine groups is 1. The summed E-state index contributed by atoms with van der Waals surface area (Å²) in [6.07, 6.45) is 3.07. The van der Waals surface area contributed by atoms with Crippen molar-refractivity contribution in [3.63, 3.8) is 0 Å². The fraction of sp³-hybridized carbons (Fsp3) is 0.400. The van der Waals surface area contributed by atoms with E-state index in [2.05, 4.69) is 60.9 Å². The summed E-state index contributed by atoms with van der Waals surface area (Å²) in [7, 11) is -3.96. The molecule has 3 aromatic carbocycles. The SMILES string of the molecule is CCCc1ccc(-c2ccc(C3(CC(=O)NOC4CCCCO4)CCN(C(=O)OCC4c5ccccc5-c5ccccc54)CCS3(=O)=O)s2)cc1. The van der Waals surface area contributed by atoms with E-state index in [4.69, 9.17) is 14.3 Å². The van der Waals surface area contributed by atoms with E-state index in [1.165, 1.54) is 21.8 Å². The number of aryl methyl sites for hydroxylation is 1. The summed E-state index contributed by atoms with van der Waals surface area (Å²) in [6.45, 7) is 2.89. The zero-order valence-electron chi connectivity index (χ0n) is 28.8. The lowest BCUT2D eigenvalue weighted by Crippen LogP contribution is -2.43. The van der Waals surface area contributed by atoms with E-state index in [-0.39, 0.29) is 44.2 Å². The third kappa shape index (κ3) is 7.35. The quantitative estimate of drug-likeness (QED) is 0.168. The van der Waals surface area contributed by atoms with Gasteiger partial charge in [-0.1, -0.05) is 86.1 Å². The fourth-order valence-corrected chi connectivity index (χ4v) is 11.1. The van der Waals surface area contributed by atoms with Crippen LogP contribution in [-0.2, 0) is 40.1 Å². The maximum Gasteiger partial charge on any atom is 0.409 e. The van der Waals surface area contributed by atoms with Crippen LogP contribution in [0.1, 0.15) is 72.9 Å². The van der Waals surface area contributed by atoms with E-state index in [0.29, 0.717) is 17.9 Å². The molecule has 7 rings (SSSR count). The Morgan fingerprint density at radius 1 is 0.941 bits per heavy atom. The summed E-state index contributed by atoms with van der Waals surface area (Å²) < 4.78 is 38.8. The van der Waals surface area contributed by atoms with Crippen molar-refractivity contribution in [2.24, 2.45) is 0 Å². The highest BCUT2D eigenvalue weighted by atomic mass is 32.2. The summed E-state index contributed by atoms with van der Waals surface area (Å²) in [5.41, 5.74) is 9.17. The van der Waals surface area contributed by atoms with Gasteiger partial charge in [-0.3, -0.25) is 4.79 Å². The number of hydrogen-bond acceptors (Lipinski definition) is 8. The first-order valence-electron chi connectivity index (χ1n) is 17.9. The Balaban J connectivity index is 1.11. The standard InChI is InChI=1S/C40H44N2O7S2/c1-2-9-28-15-17-29(18-16-28)35-19-20-36(50-35)40(26-37(43)41-49-38-14-7-8-24-47-38)21-22-42(23-25-51(40,45)46)39(44)48-27-34-32-12-5-3-10-30(32)31-11-4-6-13-33(31)34/h3-6,10-13,15-20,34,38H,2,7-9,14,21-27H2,1H3,(H,41,43). The Morgan fingerprint density at radius 2 is 1.67 bits per heavy atom. The van der Waals surface area contributed by atoms with Crippen molar-refractivity contribution >= 4 is 33.2 Å². The van der Waals surface area contributed by atoms with Gasteiger partial charge >= 0.3 is 6.09 Å². The Hall–Kier alpha value is -4.03. The van der Waals surface area contributed by atoms with Crippen LogP contribution >= 0.6 is 11.3 Å². The average Bonchev–Trinajstić information content (AvgIpc) is 3.74. The molecular weight excluding hydrogens is 685 g/mol. The van der Waals surface area contributed by atoms with Crippen molar-refractivity contribution < 1.29 is 32.3 Å². The molecule has 2 unspecified atom stereocenters. The number of sulfone groups is 1. The number of carbonyl (C=O) groups excluding carboxylic acids is 2. The van der Waals surface area contributed by atoms with Crippen LogP contribution in [0.2, 0.25) is 0 Å². The molecule has 9 nitrogen and oxygen atoms in total. The number of carbonyl (C=O) groups is 2. The summed E-state index contributed by atoms with van der Waals surface area (Å²) in [6, 6.07) is 28.3. The van der Waals surface area contributed by atoms with Gasteiger partial charge in [-0.05, 0) is 71.2 Å². The zero-order chi connectivity index (χ0) is 35.4. The van der Waals surface area contributed by atoms with Crippen molar-refractivity contribution in [1.29, 1.82) is 0 Å². The van der Waals surface area contributed by atoms with Crippen molar-refractivity contribution in [2.75, 3.05) is 32.1 Å². The molecule has 0 saturated carbocycles. The highest BCUT2D eigenvalue weighted by Crippen LogP contribution is 2.46. The normalized spacial score (nSPS) is 21.4. The summed E-state index contributed by atoms with van der Waals surface area (Å²) in [4.78, 5) is 35.7. The molecule has 2 saturated heterocycles. The highest BCUT2D eigenvalue weighted by Gasteiger charge is 2.50. The molecule has 1 N–H and O–H groups in total. The van der Waals surface area contributed by atoms with Crippen LogP contribution in [0.3, 0.4) is 0 Å². The third-order valence-corrected chi connectivity index (χ3v) is 14.3. The Labute approximate surface area is 303 Å². The van der Waals surface area contributed by atoms with Crippen molar-refractivity contribution in [3.8, 4) is 21.6 Å². The minimum Gasteiger partial charge on any atom is -0.448 e. The number of ether oxygens (including phenoxy) is 2. The van der Waals surface area contributed by atoms with Crippen LogP contribution in [0.4, 0.5) is 4.79 Å². The van der Waals surface area contributed by atoms with Gasteiger partial charge in [0.2, 0.25) is 5.91 Å². The molecule has 2 fully saturated rings. The van der Waals surface area contributed by atoms with E-state index in [1.807, 2.05) is 36.4 Å². The topological polar surface area (TPSA) is 111 Å². The number of nitrogens with zero attached hydrogens (tertiary/aromatic N) is 1. The molecule has 2 atom stereocenters. The number of fused-ring (bicyclic) bond motifs is 3. The van der Waals surface area contributed by atoms with E-state index in [0.717, 1.165) is 58.4 Å². The van der Waals surface area contributed by atoms with Crippen molar-refractivity contribution in [2.45, 2.75) is 68.8 Å². The van der Waals surface area contributed by atoms with Crippen LogP contribution in [0.5, 0.6) is 0 Å². The third-order valence-electron chi connectivity index (χ3n) is 10.3. The van der Waals surface area contributed by atoms with Crippen molar-refractivity contribution in [3.05, 3.63) is 106 Å². The van der Waals surface area contributed by atoms with Crippen LogP contribution in [0, 0.1) is 0 Å². The zero-order valence-corrected chi connectivity index (χ0v) is 30.5. The molecule has 1 aromatic heterocycles. The lowest BCUT2D eigenvalue weighted by molar-refractivity contribution is -0.200. The number of amides is 2. The molecule has 2 aliphatic heterocycles. The molecule has 11 heteroatoms. The Bertz CT molecular complexity index is 1920. The predicted octanol–water partition coefficient (Wildman–Crippen LogP) is 7.60. The molecule has 268 valence electrons. The van der Waals surface area contributed by atoms with Gasteiger partial charge in [0, 0.05) is 41.8 Å². The van der Waals surface area contributed by atoms with Gasteiger partial charge in [0.15, 0.2) is 16.1 Å². The monoisotopic (exact) mass is 728 g/mol. The average molecular weight is 729 g/mol. The van der Waals surface area contributed by atoms with Gasteiger partial charge in [-0.15, -0.1) is 11.3 Å². The highest BCUT2D eigenvalue weighted by molar-refractivity contribution is 7.92. The van der Waals surface area contributed by atoms with E-state index in [9.17, 15) is 18.0 Å². The van der Waals surface area contributed by atoms with Gasteiger partial charge in [0.1, 0.15) is 11.4 Å². The van der Waals surface area contributed by atoms with Crippen LogP contribution in [0.15, 0.2) is 84.9 Å². The maximum atomic E-state index is 14.4. The van der Waals surface area contributed by atoms with Crippen molar-refractivity contribution in [1.82, 2.24) is 10.4 Å². The van der Waals surface area contributed by atoms with Crippen LogP contribution in [-0.4, -0.2) is 63.7 Å². The second-order valence-electron chi connectivity index (χ2n) is 13.6. The largest absolute Gasteiger partial charge is 0.448 e. The molecule has 2 amide bonds. The molecule has 0 radical (unpaired) electrons. The summed E-state index contributed by atoms with van der Waals surface area (Å²) in [5.74, 6) is -0.981. The first-order chi connectivity index (χ1) is 24.8. The van der Waals surface area contributed by atoms with E-state index in [1.54, 1.807) is 0 Å². The molecular formula is C40H44N2O7S2. The smallest absolute Gasteiger partial charge is 0.409 e. The maximum absolute atomic E-state index is 14.4. The number of thiophene rings is 1. The molecule has 0 bridgehead atoms. The van der Waals surface area contributed by atoms with Gasteiger partial charge in [0.25, 0.3) is 0 Å². The second kappa shape index (κ2) is 15.3. The molecule has 3 heterocycles.